The molecule has 1 heterocycles. The second-order valence-electron chi connectivity index (χ2n) is 3.37. The number of nitriles is 1. The van der Waals surface area contributed by atoms with Gasteiger partial charge in [-0.05, 0) is 6.26 Å². The number of aliphatic imine (C=N–C) groups is 1. The summed E-state index contributed by atoms with van der Waals surface area (Å²) in [6, 6.07) is 0. The average molecular weight is 293 g/mol. The summed E-state index contributed by atoms with van der Waals surface area (Å²) in [5.74, 6) is 1.52. The van der Waals surface area contributed by atoms with Gasteiger partial charge in [0.2, 0.25) is 6.19 Å². The summed E-state index contributed by atoms with van der Waals surface area (Å²) in [5, 5.41) is 8.56. The Labute approximate surface area is 111 Å². The third kappa shape index (κ3) is 3.53. The monoisotopic (exact) mass is 293 g/mol. The van der Waals surface area contributed by atoms with Gasteiger partial charge in [-0.1, -0.05) is 18.7 Å². The molecule has 0 spiro atoms. The van der Waals surface area contributed by atoms with E-state index < -0.39 is 15.2 Å². The van der Waals surface area contributed by atoms with Gasteiger partial charge in [-0.3, -0.25) is 0 Å². The highest BCUT2D eigenvalue weighted by Crippen LogP contribution is 2.24. The highest BCUT2D eigenvalue weighted by Gasteiger charge is 2.34. The van der Waals surface area contributed by atoms with E-state index in [9.17, 15) is 8.42 Å². The molecule has 1 aliphatic heterocycles. The number of sulfone groups is 1. The Hall–Kier alpha value is -0.390. The summed E-state index contributed by atoms with van der Waals surface area (Å²) >= 11 is 2.94. The Morgan fingerprint density at radius 2 is 2.41 bits per heavy atom. The van der Waals surface area contributed by atoms with Crippen LogP contribution in [0.3, 0.4) is 0 Å². The molecule has 0 saturated carbocycles. The molecule has 0 aromatic carbocycles. The van der Waals surface area contributed by atoms with Crippen LogP contribution in [0.25, 0.3) is 0 Å². The maximum absolute atomic E-state index is 12.0. The minimum atomic E-state index is -3.14. The molecule has 96 valence electrons. The molecule has 0 bridgehead atoms. The normalized spacial score (nSPS) is 22.3. The first kappa shape index (κ1) is 14.7. The van der Waals surface area contributed by atoms with E-state index in [1.54, 1.807) is 36.0 Å². The fourth-order valence-electron chi connectivity index (χ4n) is 1.56. The maximum atomic E-state index is 12.0. The van der Waals surface area contributed by atoms with E-state index in [-0.39, 0.29) is 5.75 Å². The van der Waals surface area contributed by atoms with Crippen molar-refractivity contribution in [2.45, 2.75) is 12.3 Å². The Morgan fingerprint density at radius 3 is 2.94 bits per heavy atom. The number of hydrogen-bond donors (Lipinski definition) is 0. The van der Waals surface area contributed by atoms with Crippen LogP contribution in [0.1, 0.15) is 6.92 Å². The number of amidine groups is 1. The van der Waals surface area contributed by atoms with Crippen molar-refractivity contribution >= 4 is 38.5 Å². The van der Waals surface area contributed by atoms with Gasteiger partial charge in [0.05, 0.1) is 0 Å². The molecule has 5 nitrogen and oxygen atoms in total. The minimum Gasteiger partial charge on any atom is -0.332 e. The summed E-state index contributed by atoms with van der Waals surface area (Å²) in [5.41, 5.74) is 0. The molecular weight excluding hydrogens is 278 g/mol. The number of rotatable bonds is 2. The first-order valence-electron chi connectivity index (χ1n) is 5.13. The van der Waals surface area contributed by atoms with Crippen molar-refractivity contribution in [1.29, 1.82) is 5.26 Å². The lowest BCUT2D eigenvalue weighted by Crippen LogP contribution is -2.49. The first-order chi connectivity index (χ1) is 8.06. The van der Waals surface area contributed by atoms with Crippen molar-refractivity contribution in [2.24, 2.45) is 4.99 Å². The first-order valence-corrected chi connectivity index (χ1v) is 9.23. The summed E-state index contributed by atoms with van der Waals surface area (Å²) in [7, 11) is -3.14. The Bertz CT molecular complexity index is 427. The van der Waals surface area contributed by atoms with E-state index in [2.05, 4.69) is 4.99 Å². The number of hydrogen-bond acceptors (Lipinski definition) is 6. The largest absolute Gasteiger partial charge is 0.332 e. The second kappa shape index (κ2) is 6.52. The second-order valence-corrected chi connectivity index (χ2v) is 7.74. The van der Waals surface area contributed by atoms with E-state index in [0.717, 1.165) is 5.75 Å². The summed E-state index contributed by atoms with van der Waals surface area (Å²) in [4.78, 5) is 5.44. The third-order valence-corrected chi connectivity index (χ3v) is 6.45. The van der Waals surface area contributed by atoms with Crippen LogP contribution in [0, 0.1) is 11.5 Å². The van der Waals surface area contributed by atoms with Gasteiger partial charge in [-0.2, -0.15) is 17.0 Å². The van der Waals surface area contributed by atoms with Gasteiger partial charge < -0.3 is 4.90 Å². The molecule has 0 aromatic heterocycles. The van der Waals surface area contributed by atoms with Gasteiger partial charge >= 0.3 is 0 Å². The Morgan fingerprint density at radius 1 is 1.71 bits per heavy atom. The average Bonchev–Trinajstić information content (AvgIpc) is 2.36. The minimum absolute atomic E-state index is 0.114. The standard InChI is InChI=1S/C9H15N3O2S3/c1-3-17(13,14)8-6-16-5-4-12(8)9(15-2)11-7-10/h8H,3-6H2,1-2H3. The van der Waals surface area contributed by atoms with Gasteiger partial charge in [-0.15, -0.1) is 4.99 Å². The summed E-state index contributed by atoms with van der Waals surface area (Å²) in [6.45, 7) is 2.27. The van der Waals surface area contributed by atoms with E-state index in [4.69, 9.17) is 5.26 Å². The van der Waals surface area contributed by atoms with Gasteiger partial charge in [0.1, 0.15) is 5.37 Å². The van der Waals surface area contributed by atoms with Crippen LogP contribution in [0.2, 0.25) is 0 Å². The Kier molecular flexibility index (Phi) is 5.62. The van der Waals surface area contributed by atoms with Crippen molar-refractivity contribution in [3.8, 4) is 6.19 Å². The molecule has 1 rings (SSSR count). The van der Waals surface area contributed by atoms with E-state index in [0.29, 0.717) is 17.5 Å². The molecule has 17 heavy (non-hydrogen) atoms. The molecule has 0 aromatic rings. The fraction of sp³-hybridized carbons (Fsp3) is 0.778. The molecule has 8 heteroatoms. The van der Waals surface area contributed by atoms with Crippen LogP contribution in [0.5, 0.6) is 0 Å². The molecule has 1 unspecified atom stereocenters. The highest BCUT2D eigenvalue weighted by atomic mass is 32.2. The maximum Gasteiger partial charge on any atom is 0.208 e. The van der Waals surface area contributed by atoms with Crippen molar-refractivity contribution in [3.63, 3.8) is 0 Å². The zero-order chi connectivity index (χ0) is 12.9. The van der Waals surface area contributed by atoms with Crippen LogP contribution < -0.4 is 0 Å². The lowest BCUT2D eigenvalue weighted by molar-refractivity contribution is 0.416. The molecule has 1 fully saturated rings. The third-order valence-electron chi connectivity index (χ3n) is 2.48. The van der Waals surface area contributed by atoms with Crippen LogP contribution >= 0.6 is 23.5 Å². The molecule has 0 aliphatic carbocycles. The van der Waals surface area contributed by atoms with Crippen LogP contribution in [-0.4, -0.2) is 53.9 Å². The number of thioether (sulfide) groups is 2. The van der Waals surface area contributed by atoms with Crippen LogP contribution in [0.4, 0.5) is 0 Å². The lowest BCUT2D eigenvalue weighted by atomic mass is 10.5. The van der Waals surface area contributed by atoms with E-state index in [1.165, 1.54) is 11.8 Å². The molecule has 1 atom stereocenters. The van der Waals surface area contributed by atoms with Crippen molar-refractivity contribution in [2.75, 3.05) is 30.1 Å². The fourth-order valence-corrected chi connectivity index (χ4v) is 5.18. The molecule has 0 N–H and O–H groups in total. The molecule has 1 aliphatic rings. The topological polar surface area (TPSA) is 73.5 Å². The van der Waals surface area contributed by atoms with Crippen molar-refractivity contribution < 1.29 is 8.42 Å². The van der Waals surface area contributed by atoms with Crippen molar-refractivity contribution in [3.05, 3.63) is 0 Å². The molecular formula is C9H15N3O2S3. The zero-order valence-corrected chi connectivity index (χ0v) is 12.2. The zero-order valence-electron chi connectivity index (χ0n) is 9.79. The van der Waals surface area contributed by atoms with Crippen LogP contribution in [0.15, 0.2) is 4.99 Å². The van der Waals surface area contributed by atoms with Gasteiger partial charge in [0.25, 0.3) is 0 Å². The van der Waals surface area contributed by atoms with E-state index >= 15 is 0 Å². The lowest BCUT2D eigenvalue weighted by Gasteiger charge is -2.35. The SMILES string of the molecule is CCS(=O)(=O)C1CSCCN1C(=NC#N)SC. The predicted molar refractivity (Wildman–Crippen MR) is 73.8 cm³/mol. The summed E-state index contributed by atoms with van der Waals surface area (Å²) in [6.07, 6.45) is 3.53. The molecule has 0 amide bonds. The van der Waals surface area contributed by atoms with Gasteiger partial charge in [-0.25, -0.2) is 8.42 Å². The quantitative estimate of drug-likeness (QED) is 0.429. The Balaban J connectivity index is 3.02. The highest BCUT2D eigenvalue weighted by molar-refractivity contribution is 8.13. The van der Waals surface area contributed by atoms with Crippen LogP contribution in [-0.2, 0) is 9.84 Å². The smallest absolute Gasteiger partial charge is 0.208 e. The molecule has 0 radical (unpaired) electrons. The predicted octanol–water partition coefficient (Wildman–Crippen LogP) is 0.996. The van der Waals surface area contributed by atoms with Gasteiger partial charge in [0.15, 0.2) is 15.0 Å². The van der Waals surface area contributed by atoms with Crippen molar-refractivity contribution in [1.82, 2.24) is 4.90 Å². The van der Waals surface area contributed by atoms with E-state index in [1.807, 2.05) is 0 Å². The van der Waals surface area contributed by atoms with Gasteiger partial charge in [0, 0.05) is 23.8 Å². The summed E-state index contributed by atoms with van der Waals surface area (Å²) < 4.78 is 24.0. The number of nitrogens with zero attached hydrogens (tertiary/aromatic N) is 3. The molecule has 1 saturated heterocycles.